The molecule has 4 aromatic heterocycles. The number of hydrogen-bond acceptors (Lipinski definition) is 33. The Morgan fingerprint density at radius 3 is 1.09 bits per heavy atom. The van der Waals surface area contributed by atoms with E-state index in [0.29, 0.717) is 99.0 Å². The minimum absolute atomic E-state index is 0. The molecule has 4 atom stereocenters. The summed E-state index contributed by atoms with van der Waals surface area (Å²) in [5, 5.41) is 43.5. The van der Waals surface area contributed by atoms with Crippen LogP contribution in [-0.2, 0) is 52.5 Å². The Hall–Kier alpha value is -7.78. The molecular formula is C87H114ClK2N13O21S4. The zero-order valence-corrected chi connectivity index (χ0v) is 84.9. The first-order valence-electron chi connectivity index (χ1n) is 39.2. The van der Waals surface area contributed by atoms with Crippen LogP contribution >= 0.6 is 60.3 Å². The van der Waals surface area contributed by atoms with Gasteiger partial charge in [0.1, 0.15) is 72.7 Å². The average Bonchev–Trinajstić information content (AvgIpc) is 1.80. The van der Waals surface area contributed by atoms with Crippen LogP contribution in [0.4, 0.5) is 14.4 Å². The van der Waals surface area contributed by atoms with Crippen molar-refractivity contribution in [2.24, 2.45) is 20.7 Å². The van der Waals surface area contributed by atoms with E-state index in [1.807, 2.05) is 191 Å². The molecular weight excluding hydrogens is 1800 g/mol. The van der Waals surface area contributed by atoms with Gasteiger partial charge in [-0.2, -0.15) is 17.9 Å². The molecule has 0 bridgehead atoms. The summed E-state index contributed by atoms with van der Waals surface area (Å²) in [4.78, 5) is 127. The number of hydrogen-bond donors (Lipinski definition) is 5. The molecule has 0 spiro atoms. The number of carbonyl (C=O) groups excluding carboxylic acids is 6. The molecule has 0 fully saturated rings. The second-order valence-electron chi connectivity index (χ2n) is 30.4. The fraction of sp³-hybridized carbons (Fsp3) is 0.448. The smallest absolute Gasteiger partial charge is 1.00 e. The summed E-state index contributed by atoms with van der Waals surface area (Å²) in [5.41, 5.74) is 9.28. The number of aliphatic carboxylic acids is 2. The number of aliphatic imine (C=N–C) groups is 3. The third-order valence-electron chi connectivity index (χ3n) is 16.8. The zero-order chi connectivity index (χ0) is 91.3. The molecule has 0 unspecified atom stereocenters. The molecule has 3 amide bonds. The van der Waals surface area contributed by atoms with Crippen molar-refractivity contribution in [1.29, 1.82) is 5.26 Å². The largest absolute Gasteiger partial charge is 1.00 e. The maximum Gasteiger partial charge on any atom is 1.00 e. The molecule has 11 rings (SSSR count). The van der Waals surface area contributed by atoms with E-state index >= 15 is 0 Å². The third-order valence-corrected chi connectivity index (χ3v) is 20.4. The molecule has 3 aliphatic rings. The Morgan fingerprint density at radius 1 is 0.539 bits per heavy atom. The number of rotatable bonds is 29. The predicted octanol–water partition coefficient (Wildman–Crippen LogP) is 6.66. The number of benzene rings is 4. The van der Waals surface area contributed by atoms with Gasteiger partial charge in [0.05, 0.1) is 79.8 Å². The monoisotopic (exact) mass is 1920 g/mol. The number of nitriles is 1. The van der Waals surface area contributed by atoms with Gasteiger partial charge in [0.25, 0.3) is 6.47 Å². The van der Waals surface area contributed by atoms with Crippen molar-refractivity contribution >= 4 is 168 Å². The number of fused-ring (bicyclic) bond motifs is 4. The van der Waals surface area contributed by atoms with E-state index in [-0.39, 0.29) is 166 Å². The summed E-state index contributed by atoms with van der Waals surface area (Å²) in [6.45, 7) is 21.1. The van der Waals surface area contributed by atoms with Gasteiger partial charge < -0.3 is 90.2 Å². The fourth-order valence-electron chi connectivity index (χ4n) is 10.7. The molecule has 128 heavy (non-hydrogen) atoms. The molecule has 34 nitrogen and oxygen atoms in total. The molecule has 0 radical (unpaired) electrons. The Morgan fingerprint density at radius 2 is 0.836 bits per heavy atom. The summed E-state index contributed by atoms with van der Waals surface area (Å²) in [5.74, 6) is 2.28. The van der Waals surface area contributed by atoms with Gasteiger partial charge in [0.15, 0.2) is 18.1 Å². The van der Waals surface area contributed by atoms with Crippen LogP contribution < -0.4 is 138 Å². The van der Waals surface area contributed by atoms with E-state index in [1.165, 1.54) is 49.5 Å². The van der Waals surface area contributed by atoms with E-state index < -0.39 is 52.9 Å². The van der Waals surface area contributed by atoms with Crippen LogP contribution in [0.3, 0.4) is 0 Å². The number of esters is 2. The topological polar surface area (TPSA) is 453 Å². The van der Waals surface area contributed by atoms with Gasteiger partial charge >= 0.3 is 145 Å². The van der Waals surface area contributed by atoms with Gasteiger partial charge in [-0.3, -0.25) is 24.6 Å². The minimum atomic E-state index is -1.00. The number of aromatic nitrogens is 4. The van der Waals surface area contributed by atoms with Crippen LogP contribution in [0.1, 0.15) is 120 Å². The standard InChI is InChI=1S/C23H29N3O5S.C22H27N3O5S.C19H23N3O3.C18H21N3O3S.C3H7NO2S.CH2O3.CH4.ClH.2K.H/c1-23(2,3)31-22(28)26(4)11-6-12-30-16-8-10-17-15(13-16)7-9-18(24-17)20-25-19(14-32-20)21(27)29-5;1-22(2,3)30-21(28)25(4)10-5-11-29-15-7-9-16-14(12-15)6-8-17(23-16)19-24-18(13-31-19)20(26)27;1-19(2,3)25-18(23)22(4)10-5-11-24-16-8-9-17-14(12-16)6-7-15(13-20)21-17;1-19-8-3-9-24-13-5-7-14-12(10-13)4-6-15(20-14)17-21-16(11-25-17)18(22)23-2;4-2(1-7)3(5)6;2-1-4-3;;;;;/h7-10,13,19H,6,11-12,14H2,1-5H3;6-9,12,18H,5,10-11,13H2,1-4H3,(H,26,27);6-9,12H,5,10-11H2,1-4H3;4-7,10,16,19H,3,8-9,11H2,1-2H3;2,7H,1,4H2,(H,5,6);1,3H;1H4;1H;;;/q;;;;;;;;2*+1;-1/p-1/t19-;18-;;16-;2-;;;;;;/m11.11....../s1. The summed E-state index contributed by atoms with van der Waals surface area (Å²) < 4.78 is 48.6. The van der Waals surface area contributed by atoms with Crippen molar-refractivity contribution in [3.05, 3.63) is 144 Å². The summed E-state index contributed by atoms with van der Waals surface area (Å²) in [6, 6.07) is 37.5. The molecule has 0 saturated carbocycles. The van der Waals surface area contributed by atoms with Crippen LogP contribution in [-0.4, -0.2) is 268 Å². The van der Waals surface area contributed by atoms with Crippen molar-refractivity contribution < 1.29 is 206 Å². The number of carboxylic acids is 2. The van der Waals surface area contributed by atoms with Gasteiger partial charge in [0, 0.05) is 85.3 Å². The van der Waals surface area contributed by atoms with E-state index in [0.717, 1.165) is 101 Å². The number of carboxylic acid groups (broad SMARTS) is 2. The number of thiol groups is 1. The van der Waals surface area contributed by atoms with Crippen molar-refractivity contribution in [2.45, 2.75) is 136 Å². The van der Waals surface area contributed by atoms with Crippen molar-refractivity contribution in [2.75, 3.05) is 118 Å². The summed E-state index contributed by atoms with van der Waals surface area (Å²) in [7, 11) is 9.82. The fourth-order valence-corrected chi connectivity index (χ4v) is 13.8. The van der Waals surface area contributed by atoms with Crippen LogP contribution in [0.2, 0.25) is 0 Å². The van der Waals surface area contributed by atoms with E-state index in [2.05, 4.69) is 57.7 Å². The Bertz CT molecular complexity index is 5110. The molecule has 0 aliphatic carbocycles. The number of nitrogens with one attached hydrogen (secondary N) is 1. The maximum absolute atomic E-state index is 12.0. The predicted molar refractivity (Wildman–Crippen MR) is 494 cm³/mol. The Balaban J connectivity index is 0.000000819. The number of methoxy groups -OCH3 is 2. The summed E-state index contributed by atoms with van der Waals surface area (Å²) >= 11 is 8.09. The van der Waals surface area contributed by atoms with Gasteiger partial charge in [-0.05, 0) is 205 Å². The normalized spacial score (nSPS) is 14.2. The Labute approximate surface area is 857 Å². The summed E-state index contributed by atoms with van der Waals surface area (Å²) in [6.07, 6.45) is 1.99. The zero-order valence-electron chi connectivity index (χ0n) is 75.5. The molecule has 41 heteroatoms. The average molecular weight is 1920 g/mol. The first kappa shape index (κ1) is 116. The Kier molecular flexibility index (Phi) is 53.5. The molecule has 8 aromatic rings. The molecule has 7 heterocycles. The minimum Gasteiger partial charge on any atom is -1.00 e. The van der Waals surface area contributed by atoms with Gasteiger partial charge in [-0.15, -0.1) is 47.7 Å². The second kappa shape index (κ2) is 58.9. The van der Waals surface area contributed by atoms with Crippen LogP contribution in [0, 0.1) is 11.3 Å². The van der Waals surface area contributed by atoms with Gasteiger partial charge in [-0.1, -0.05) is 25.6 Å². The van der Waals surface area contributed by atoms with Crippen molar-refractivity contribution in [3.8, 4) is 29.1 Å². The van der Waals surface area contributed by atoms with E-state index in [9.17, 15) is 33.6 Å². The quantitative estimate of drug-likeness (QED) is 0.00478. The second-order valence-corrected chi connectivity index (χ2v) is 33.8. The first-order chi connectivity index (χ1) is 58.9. The number of nitrogens with two attached hydrogens (primary N) is 1. The number of nitrogens with zero attached hydrogens (tertiary/aromatic N) is 11. The van der Waals surface area contributed by atoms with Crippen LogP contribution in [0.15, 0.2) is 136 Å². The number of thioether (sulfide) groups is 3. The van der Waals surface area contributed by atoms with E-state index in [4.69, 9.17) is 73.9 Å². The molecule has 3 aliphatic heterocycles. The third kappa shape index (κ3) is 41.3. The number of halogens is 1. The SMILES string of the molecule is C.CN(CCCOc1ccc2nc(C#N)ccc2c1)C(=O)OC(C)(C)C.CN(CCCOc1ccc2nc(C3=N[C@@H](C(=O)O)CS3)ccc2c1)C(=O)OC(C)(C)C.CNCCCOc1ccc2nc(C3=N[C@@H](C(=O)OC)CS3)ccc2c1.COC(=O)[C@H]1CSC(c2ccc3cc(OCCCN(C)C(=O)OC(C)(C)C)ccc3n2)=N1.Cl.N[C@H](CS)C(=O)O.O=CO[O-].[H-].[K+].[K+]. The molecule has 5 N–H and O–H groups in total. The van der Waals surface area contributed by atoms with Crippen LogP contribution in [0.5, 0.6) is 23.0 Å². The van der Waals surface area contributed by atoms with E-state index in [1.54, 1.807) is 41.9 Å². The molecule has 4 aromatic carbocycles. The molecule has 686 valence electrons. The van der Waals surface area contributed by atoms with Crippen molar-refractivity contribution in [1.82, 2.24) is 40.0 Å². The maximum atomic E-state index is 12.0. The van der Waals surface area contributed by atoms with Gasteiger partial charge in [-0.25, -0.2) is 48.7 Å². The number of carbonyl (C=O) groups is 8. The number of ether oxygens (including phenoxy) is 9. The first-order valence-corrected chi connectivity index (χ1v) is 42.8. The van der Waals surface area contributed by atoms with Crippen molar-refractivity contribution in [3.63, 3.8) is 0 Å². The van der Waals surface area contributed by atoms with Gasteiger partial charge in [0.2, 0.25) is 0 Å². The van der Waals surface area contributed by atoms with Crippen LogP contribution in [0.25, 0.3) is 43.6 Å². The number of pyridine rings is 4. The molecule has 0 saturated heterocycles. The number of amides is 3.